The Labute approximate surface area is 170 Å². The summed E-state index contributed by atoms with van der Waals surface area (Å²) in [5, 5.41) is 13.9. The van der Waals surface area contributed by atoms with Crippen molar-refractivity contribution in [1.29, 1.82) is 0 Å². The van der Waals surface area contributed by atoms with Crippen LogP contribution in [-0.4, -0.2) is 72.0 Å². The maximum Gasteiger partial charge on any atom is 0.230 e. The van der Waals surface area contributed by atoms with Gasteiger partial charge in [0.05, 0.1) is 23.7 Å². The first-order valence-corrected chi connectivity index (χ1v) is 11.8. The molecular formula is C16H24N4O4S3. The van der Waals surface area contributed by atoms with Crippen molar-refractivity contribution in [3.05, 3.63) is 0 Å². The molecule has 11 heteroatoms. The highest BCUT2D eigenvalue weighted by molar-refractivity contribution is 8.03. The van der Waals surface area contributed by atoms with Gasteiger partial charge in [-0.25, -0.2) is 0 Å². The van der Waals surface area contributed by atoms with E-state index in [2.05, 4.69) is 20.8 Å². The fourth-order valence-corrected chi connectivity index (χ4v) is 5.42. The molecule has 1 aromatic rings. The average Bonchev–Trinajstić information content (AvgIpc) is 3.44. The molecule has 150 valence electrons. The number of ether oxygens (including phenoxy) is 2. The van der Waals surface area contributed by atoms with Crippen molar-refractivity contribution < 1.29 is 19.1 Å². The Kier molecular flexibility index (Phi) is 8.65. The second-order valence-electron chi connectivity index (χ2n) is 6.29. The van der Waals surface area contributed by atoms with E-state index in [-0.39, 0.29) is 24.0 Å². The molecule has 0 aromatic carbocycles. The molecule has 2 saturated heterocycles. The van der Waals surface area contributed by atoms with Gasteiger partial charge >= 0.3 is 0 Å². The van der Waals surface area contributed by atoms with Gasteiger partial charge in [-0.05, 0) is 25.7 Å². The van der Waals surface area contributed by atoms with Crippen LogP contribution in [0.3, 0.4) is 0 Å². The zero-order valence-electron chi connectivity index (χ0n) is 15.0. The highest BCUT2D eigenvalue weighted by atomic mass is 32.2. The number of carbonyl (C=O) groups excluding carboxylic acids is 2. The van der Waals surface area contributed by atoms with Crippen LogP contribution in [-0.2, 0) is 19.1 Å². The molecule has 0 saturated carbocycles. The molecule has 3 heterocycles. The van der Waals surface area contributed by atoms with Crippen LogP contribution < -0.4 is 10.6 Å². The van der Waals surface area contributed by atoms with Crippen molar-refractivity contribution in [2.24, 2.45) is 0 Å². The molecule has 1 aromatic heterocycles. The lowest BCUT2D eigenvalue weighted by Crippen LogP contribution is -2.32. The van der Waals surface area contributed by atoms with E-state index >= 15 is 0 Å². The maximum atomic E-state index is 11.9. The van der Waals surface area contributed by atoms with Gasteiger partial charge in [0.25, 0.3) is 0 Å². The van der Waals surface area contributed by atoms with Gasteiger partial charge in [-0.3, -0.25) is 9.59 Å². The van der Waals surface area contributed by atoms with Gasteiger partial charge in [0.2, 0.25) is 11.8 Å². The summed E-state index contributed by atoms with van der Waals surface area (Å²) in [5.74, 6) is 0.531. The number of thioether (sulfide) groups is 2. The second kappa shape index (κ2) is 11.2. The van der Waals surface area contributed by atoms with Crippen LogP contribution in [0.5, 0.6) is 0 Å². The van der Waals surface area contributed by atoms with E-state index in [1.54, 1.807) is 0 Å². The predicted octanol–water partition coefficient (Wildman–Crippen LogP) is 1.31. The van der Waals surface area contributed by atoms with Crippen LogP contribution in [0.15, 0.2) is 8.68 Å². The second-order valence-corrected chi connectivity index (χ2v) is 9.71. The Bertz CT molecular complexity index is 568. The summed E-state index contributed by atoms with van der Waals surface area (Å²) in [6, 6.07) is 0. The summed E-state index contributed by atoms with van der Waals surface area (Å²) in [7, 11) is 0. The first-order chi connectivity index (χ1) is 13.2. The van der Waals surface area contributed by atoms with E-state index in [0.717, 1.165) is 47.6 Å². The van der Waals surface area contributed by atoms with Crippen LogP contribution in [0.4, 0.5) is 0 Å². The van der Waals surface area contributed by atoms with Gasteiger partial charge in [-0.1, -0.05) is 34.9 Å². The van der Waals surface area contributed by atoms with Gasteiger partial charge in [0.15, 0.2) is 8.68 Å². The van der Waals surface area contributed by atoms with Crippen molar-refractivity contribution in [2.45, 2.75) is 46.6 Å². The zero-order chi connectivity index (χ0) is 18.9. The van der Waals surface area contributed by atoms with E-state index in [4.69, 9.17) is 9.47 Å². The maximum absolute atomic E-state index is 11.9. The summed E-state index contributed by atoms with van der Waals surface area (Å²) < 4.78 is 12.4. The fourth-order valence-electron chi connectivity index (χ4n) is 2.74. The van der Waals surface area contributed by atoms with Gasteiger partial charge in [-0.2, -0.15) is 0 Å². The summed E-state index contributed by atoms with van der Waals surface area (Å²) in [6.07, 6.45) is 4.43. The molecule has 3 rings (SSSR count). The minimum absolute atomic E-state index is 0.0339. The first-order valence-electron chi connectivity index (χ1n) is 9.05. The number of hydrogen-bond acceptors (Lipinski definition) is 9. The highest BCUT2D eigenvalue weighted by Crippen LogP contribution is 2.28. The molecule has 2 amide bonds. The van der Waals surface area contributed by atoms with E-state index < -0.39 is 0 Å². The SMILES string of the molecule is O=C(CSc1nnc(SCC(=O)NC[C@@H]2CCCO2)s1)NC[C@H]1CCCO1. The number of hydrogen-bond donors (Lipinski definition) is 2. The van der Waals surface area contributed by atoms with E-state index in [0.29, 0.717) is 24.6 Å². The van der Waals surface area contributed by atoms with Crippen LogP contribution >= 0.6 is 34.9 Å². The molecule has 2 atom stereocenters. The topological polar surface area (TPSA) is 102 Å². The molecule has 0 aliphatic carbocycles. The molecule has 0 spiro atoms. The lowest BCUT2D eigenvalue weighted by molar-refractivity contribution is -0.119. The number of amides is 2. The van der Waals surface area contributed by atoms with Crippen LogP contribution in [0.2, 0.25) is 0 Å². The minimum atomic E-state index is -0.0339. The normalized spacial score (nSPS) is 22.1. The van der Waals surface area contributed by atoms with Crippen LogP contribution in [0.25, 0.3) is 0 Å². The standard InChI is InChI=1S/C16H24N4O4S3/c21-13(17-7-11-3-1-5-23-11)9-25-15-19-20-16(27-15)26-10-14(22)18-8-12-4-2-6-24-12/h11-12H,1-10H2,(H,17,21)(H,18,22)/t11-,12+. The molecule has 8 nitrogen and oxygen atoms in total. The van der Waals surface area contributed by atoms with E-state index in [1.165, 1.54) is 34.9 Å². The number of aromatic nitrogens is 2. The lowest BCUT2D eigenvalue weighted by atomic mass is 10.2. The molecule has 2 aliphatic rings. The predicted molar refractivity (Wildman–Crippen MR) is 105 cm³/mol. The summed E-state index contributed by atoms with van der Waals surface area (Å²) in [5.41, 5.74) is 0. The van der Waals surface area contributed by atoms with Crippen molar-refractivity contribution in [3.63, 3.8) is 0 Å². The van der Waals surface area contributed by atoms with Gasteiger partial charge in [0, 0.05) is 26.3 Å². The van der Waals surface area contributed by atoms with Crippen molar-refractivity contribution in [2.75, 3.05) is 37.8 Å². The van der Waals surface area contributed by atoms with Crippen LogP contribution in [0.1, 0.15) is 25.7 Å². The number of nitrogens with zero attached hydrogens (tertiary/aromatic N) is 2. The Hall–Kier alpha value is -0.880. The summed E-state index contributed by atoms with van der Waals surface area (Å²) in [6.45, 7) is 2.70. The number of rotatable bonds is 10. The molecule has 0 unspecified atom stereocenters. The monoisotopic (exact) mass is 432 g/mol. The Morgan fingerprint density at radius 2 is 1.41 bits per heavy atom. The van der Waals surface area contributed by atoms with Crippen molar-refractivity contribution in [1.82, 2.24) is 20.8 Å². The smallest absolute Gasteiger partial charge is 0.230 e. The Balaban J connectivity index is 1.28. The third-order valence-electron chi connectivity index (χ3n) is 4.14. The Morgan fingerprint density at radius 1 is 0.926 bits per heavy atom. The molecule has 2 N–H and O–H groups in total. The Morgan fingerprint density at radius 3 is 1.81 bits per heavy atom. The third kappa shape index (κ3) is 7.57. The zero-order valence-corrected chi connectivity index (χ0v) is 17.4. The molecule has 0 radical (unpaired) electrons. The largest absolute Gasteiger partial charge is 0.376 e. The minimum Gasteiger partial charge on any atom is -0.376 e. The fraction of sp³-hybridized carbons (Fsp3) is 0.750. The highest BCUT2D eigenvalue weighted by Gasteiger charge is 2.18. The molecule has 0 bridgehead atoms. The first kappa shape index (κ1) is 20.8. The third-order valence-corrected chi connectivity index (χ3v) is 7.33. The van der Waals surface area contributed by atoms with Gasteiger partial charge in [-0.15, -0.1) is 10.2 Å². The number of nitrogens with one attached hydrogen (secondary N) is 2. The summed E-state index contributed by atoms with van der Waals surface area (Å²) >= 11 is 4.11. The summed E-state index contributed by atoms with van der Waals surface area (Å²) in [4.78, 5) is 23.8. The van der Waals surface area contributed by atoms with Gasteiger partial charge < -0.3 is 20.1 Å². The van der Waals surface area contributed by atoms with E-state index in [9.17, 15) is 9.59 Å². The quantitative estimate of drug-likeness (QED) is 0.534. The molecule has 27 heavy (non-hydrogen) atoms. The van der Waals surface area contributed by atoms with Crippen molar-refractivity contribution >= 4 is 46.7 Å². The van der Waals surface area contributed by atoms with Crippen molar-refractivity contribution in [3.8, 4) is 0 Å². The molecule has 2 fully saturated rings. The molecular weight excluding hydrogens is 408 g/mol. The lowest BCUT2D eigenvalue weighted by Gasteiger charge is -2.10. The van der Waals surface area contributed by atoms with Crippen LogP contribution in [0, 0.1) is 0 Å². The van der Waals surface area contributed by atoms with E-state index in [1.807, 2.05) is 0 Å². The van der Waals surface area contributed by atoms with Gasteiger partial charge in [0.1, 0.15) is 0 Å². The molecule has 2 aliphatic heterocycles. The number of carbonyl (C=O) groups is 2. The average molecular weight is 433 g/mol.